The van der Waals surface area contributed by atoms with Crippen LogP contribution in [0.15, 0.2) is 24.3 Å². The molecule has 0 aliphatic heterocycles. The maximum Gasteiger partial charge on any atom is 0.315 e. The lowest BCUT2D eigenvalue weighted by atomic mass is 9.88. The predicted octanol–water partition coefficient (Wildman–Crippen LogP) is 3.55. The Morgan fingerprint density at radius 3 is 2.79 bits per heavy atom. The molecule has 0 radical (unpaired) electrons. The van der Waals surface area contributed by atoms with Gasteiger partial charge in [-0.25, -0.2) is 4.79 Å². The molecule has 1 unspecified atom stereocenters. The Bertz CT molecular complexity index is 427. The molecule has 1 atom stereocenters. The molecule has 1 aromatic rings. The second-order valence-electron chi connectivity index (χ2n) is 5.27. The van der Waals surface area contributed by atoms with Crippen molar-refractivity contribution in [3.8, 4) is 0 Å². The zero-order chi connectivity index (χ0) is 13.7. The molecule has 1 aliphatic carbocycles. The maximum atomic E-state index is 12.0. The molecular formula is C16H24N2O. The van der Waals surface area contributed by atoms with Crippen LogP contribution in [0.4, 0.5) is 4.79 Å². The highest BCUT2D eigenvalue weighted by Gasteiger charge is 2.21. The first-order valence-corrected chi connectivity index (χ1v) is 7.39. The van der Waals surface area contributed by atoms with Gasteiger partial charge in [0.2, 0.25) is 0 Å². The van der Waals surface area contributed by atoms with Crippen molar-refractivity contribution >= 4 is 6.03 Å². The van der Waals surface area contributed by atoms with Crippen LogP contribution >= 0.6 is 0 Å². The van der Waals surface area contributed by atoms with Gasteiger partial charge in [0.15, 0.2) is 0 Å². The highest BCUT2D eigenvalue weighted by Crippen LogP contribution is 2.29. The number of hydrogen-bond acceptors (Lipinski definition) is 1. The minimum Gasteiger partial charge on any atom is -0.335 e. The highest BCUT2D eigenvalue weighted by atomic mass is 16.2. The quantitative estimate of drug-likeness (QED) is 0.854. The molecule has 0 saturated carbocycles. The van der Waals surface area contributed by atoms with Crippen LogP contribution in [0.1, 0.15) is 56.7 Å². The maximum absolute atomic E-state index is 12.0. The number of rotatable bonds is 4. The van der Waals surface area contributed by atoms with Crippen LogP contribution in [-0.2, 0) is 6.42 Å². The van der Waals surface area contributed by atoms with Crippen LogP contribution in [-0.4, -0.2) is 12.1 Å². The van der Waals surface area contributed by atoms with E-state index in [0.29, 0.717) is 0 Å². The lowest BCUT2D eigenvalue weighted by Crippen LogP contribution is -2.43. The van der Waals surface area contributed by atoms with E-state index < -0.39 is 0 Å². The van der Waals surface area contributed by atoms with Gasteiger partial charge in [-0.05, 0) is 43.2 Å². The summed E-state index contributed by atoms with van der Waals surface area (Å²) in [7, 11) is 0. The Kier molecular flexibility index (Phi) is 4.83. The zero-order valence-corrected chi connectivity index (χ0v) is 11.9. The van der Waals surface area contributed by atoms with Crippen molar-refractivity contribution in [2.24, 2.45) is 0 Å². The second-order valence-corrected chi connectivity index (χ2v) is 5.27. The molecule has 19 heavy (non-hydrogen) atoms. The largest absolute Gasteiger partial charge is 0.335 e. The Morgan fingerprint density at radius 2 is 2.05 bits per heavy atom. The number of fused-ring (bicyclic) bond motifs is 1. The highest BCUT2D eigenvalue weighted by molar-refractivity contribution is 5.74. The van der Waals surface area contributed by atoms with E-state index in [4.69, 9.17) is 0 Å². The normalized spacial score (nSPS) is 17.9. The van der Waals surface area contributed by atoms with Gasteiger partial charge in [-0.1, -0.05) is 38.1 Å². The van der Waals surface area contributed by atoms with Gasteiger partial charge in [-0.2, -0.15) is 0 Å². The summed E-state index contributed by atoms with van der Waals surface area (Å²) in [6.07, 6.45) is 5.26. The molecule has 2 N–H and O–H groups in total. The van der Waals surface area contributed by atoms with E-state index >= 15 is 0 Å². The Hall–Kier alpha value is -1.51. The first-order valence-electron chi connectivity index (χ1n) is 7.39. The fourth-order valence-corrected chi connectivity index (χ4v) is 2.78. The fourth-order valence-electron chi connectivity index (χ4n) is 2.78. The summed E-state index contributed by atoms with van der Waals surface area (Å²) in [4.78, 5) is 12.0. The van der Waals surface area contributed by atoms with Gasteiger partial charge in [0, 0.05) is 6.04 Å². The summed E-state index contributed by atoms with van der Waals surface area (Å²) in [6, 6.07) is 8.84. The number of hydrogen-bond donors (Lipinski definition) is 2. The minimum absolute atomic E-state index is 0.0320. The molecule has 1 aromatic carbocycles. The number of amides is 2. The second kappa shape index (κ2) is 6.60. The summed E-state index contributed by atoms with van der Waals surface area (Å²) in [5.74, 6) is 0. The smallest absolute Gasteiger partial charge is 0.315 e. The number of urea groups is 1. The lowest BCUT2D eigenvalue weighted by Gasteiger charge is -2.27. The molecule has 0 spiro atoms. The number of carbonyl (C=O) groups is 1. The molecule has 1 aliphatic rings. The fraction of sp³-hybridized carbons (Fsp3) is 0.562. The van der Waals surface area contributed by atoms with Crippen molar-refractivity contribution in [3.05, 3.63) is 35.4 Å². The van der Waals surface area contributed by atoms with Crippen LogP contribution in [0.3, 0.4) is 0 Å². The van der Waals surface area contributed by atoms with Crippen LogP contribution in [0.25, 0.3) is 0 Å². The molecule has 0 aromatic heterocycles. The van der Waals surface area contributed by atoms with Gasteiger partial charge in [0.1, 0.15) is 0 Å². The monoisotopic (exact) mass is 260 g/mol. The van der Waals surface area contributed by atoms with Crippen molar-refractivity contribution < 1.29 is 4.79 Å². The molecule has 2 rings (SSSR count). The topological polar surface area (TPSA) is 41.1 Å². The van der Waals surface area contributed by atoms with Crippen molar-refractivity contribution in [3.63, 3.8) is 0 Å². The average molecular weight is 260 g/mol. The van der Waals surface area contributed by atoms with E-state index in [2.05, 4.69) is 48.7 Å². The molecule has 0 fully saturated rings. The van der Waals surface area contributed by atoms with Gasteiger partial charge < -0.3 is 10.6 Å². The number of carbonyl (C=O) groups excluding carboxylic acids is 1. The molecule has 0 heterocycles. The Balaban J connectivity index is 1.99. The first-order chi connectivity index (χ1) is 9.24. The van der Waals surface area contributed by atoms with E-state index in [1.54, 1.807) is 0 Å². The summed E-state index contributed by atoms with van der Waals surface area (Å²) in [5, 5.41) is 6.17. The molecule has 0 bridgehead atoms. The number of aryl methyl sites for hydroxylation is 1. The third-order valence-electron chi connectivity index (χ3n) is 4.00. The van der Waals surface area contributed by atoms with Gasteiger partial charge in [0.25, 0.3) is 0 Å². The summed E-state index contributed by atoms with van der Waals surface area (Å²) in [6.45, 7) is 4.20. The Morgan fingerprint density at radius 1 is 1.32 bits per heavy atom. The van der Waals surface area contributed by atoms with Gasteiger partial charge in [0.05, 0.1) is 6.04 Å². The van der Waals surface area contributed by atoms with Crippen LogP contribution in [0.2, 0.25) is 0 Å². The third kappa shape index (κ3) is 3.49. The van der Waals surface area contributed by atoms with Crippen molar-refractivity contribution in [2.75, 3.05) is 0 Å². The van der Waals surface area contributed by atoms with Crippen LogP contribution in [0, 0.1) is 0 Å². The third-order valence-corrected chi connectivity index (χ3v) is 4.00. The van der Waals surface area contributed by atoms with Crippen molar-refractivity contribution in [1.29, 1.82) is 0 Å². The average Bonchev–Trinajstić information content (AvgIpc) is 2.45. The predicted molar refractivity (Wildman–Crippen MR) is 78.2 cm³/mol. The molecule has 2 amide bonds. The molecule has 104 valence electrons. The van der Waals surface area contributed by atoms with Crippen molar-refractivity contribution in [1.82, 2.24) is 10.6 Å². The molecule has 3 heteroatoms. The molecule has 0 saturated heterocycles. The van der Waals surface area contributed by atoms with E-state index in [9.17, 15) is 4.79 Å². The van der Waals surface area contributed by atoms with E-state index in [0.717, 1.165) is 32.1 Å². The van der Waals surface area contributed by atoms with Gasteiger partial charge >= 0.3 is 6.03 Å². The van der Waals surface area contributed by atoms with Crippen LogP contribution in [0.5, 0.6) is 0 Å². The van der Waals surface area contributed by atoms with Crippen LogP contribution < -0.4 is 10.6 Å². The van der Waals surface area contributed by atoms with E-state index in [1.165, 1.54) is 11.1 Å². The zero-order valence-electron chi connectivity index (χ0n) is 11.9. The molecule has 3 nitrogen and oxygen atoms in total. The summed E-state index contributed by atoms with van der Waals surface area (Å²) >= 11 is 0. The lowest BCUT2D eigenvalue weighted by molar-refractivity contribution is 0.230. The number of benzene rings is 1. The van der Waals surface area contributed by atoms with Gasteiger partial charge in [-0.3, -0.25) is 0 Å². The van der Waals surface area contributed by atoms with Crippen molar-refractivity contribution in [2.45, 2.75) is 58.0 Å². The SMILES string of the molecule is CCC(CC)NC(=O)NC1CCCc2ccccc21. The number of nitrogens with one attached hydrogen (secondary N) is 2. The summed E-state index contributed by atoms with van der Waals surface area (Å²) < 4.78 is 0. The first kappa shape index (κ1) is 13.9. The molecular weight excluding hydrogens is 236 g/mol. The minimum atomic E-state index is -0.0320. The van der Waals surface area contributed by atoms with E-state index in [-0.39, 0.29) is 18.1 Å². The Labute approximate surface area is 115 Å². The van der Waals surface area contributed by atoms with Gasteiger partial charge in [-0.15, -0.1) is 0 Å². The summed E-state index contributed by atoms with van der Waals surface area (Å²) in [5.41, 5.74) is 2.66. The van der Waals surface area contributed by atoms with E-state index in [1.807, 2.05) is 0 Å². The standard InChI is InChI=1S/C16H24N2O/c1-3-13(4-2)17-16(19)18-15-11-7-9-12-8-5-6-10-14(12)15/h5-6,8,10,13,15H,3-4,7,9,11H2,1-2H3,(H2,17,18,19).